The summed E-state index contributed by atoms with van der Waals surface area (Å²) in [5, 5.41) is 37.0. The average molecular weight is 556 g/mol. The van der Waals surface area contributed by atoms with Gasteiger partial charge < -0.3 is 26.4 Å². The zero-order valence-electron chi connectivity index (χ0n) is 22.4. The fourth-order valence-corrected chi connectivity index (χ4v) is 7.60. The Kier molecular flexibility index (Phi) is 6.71. The monoisotopic (exact) mass is 555 g/mol. The van der Waals surface area contributed by atoms with Crippen LogP contribution in [0.25, 0.3) is 0 Å². The second kappa shape index (κ2) is 9.57. The number of benzene rings is 1. The van der Waals surface area contributed by atoms with Crippen LogP contribution in [0, 0.1) is 29.6 Å². The van der Waals surface area contributed by atoms with Crippen molar-refractivity contribution in [1.82, 2.24) is 4.90 Å². The molecule has 12 nitrogen and oxygen atoms in total. The molecule has 2 amide bonds. The van der Waals surface area contributed by atoms with E-state index in [1.165, 1.54) is 31.1 Å². The number of hydrogen-bond acceptors (Lipinski definition) is 10. The van der Waals surface area contributed by atoms with Gasteiger partial charge in [0, 0.05) is 17.5 Å². The number of carbonyl (C=O) groups is 6. The molecular formula is C28H33N3O9. The number of fused-ring (bicyclic) bond motifs is 3. The van der Waals surface area contributed by atoms with Crippen LogP contribution in [-0.2, 0) is 24.0 Å². The van der Waals surface area contributed by atoms with Crippen LogP contribution in [0.3, 0.4) is 0 Å². The standard InChI is InChI=1S/C28H33N3O9/c1-10-14-12(30-27(39)11-6-4-5-7-11)8-9-13(32)16(14)21(33)17-15(10)22(34)19-20(31(2)3)23(35)18(26(29)38)25(37)28(19,40)24(17)36/h8-11,15,17-20,22,32,34,40H,4-7H2,1-3H3,(H2,29,38)(H,30,39)/t10?,15-,17?,18?,19-,20+,22?,28+/m1/s1. The van der Waals surface area contributed by atoms with Crippen molar-refractivity contribution in [2.24, 2.45) is 35.3 Å². The number of aliphatic hydroxyl groups excluding tert-OH is 1. The smallest absolute Gasteiger partial charge is 0.235 e. The number of aromatic hydroxyl groups is 1. The highest BCUT2D eigenvalue weighted by molar-refractivity contribution is 6.32. The minimum Gasteiger partial charge on any atom is -0.507 e. The van der Waals surface area contributed by atoms with Crippen LogP contribution in [0.5, 0.6) is 5.75 Å². The van der Waals surface area contributed by atoms with Crippen LogP contribution in [0.15, 0.2) is 12.1 Å². The lowest BCUT2D eigenvalue weighted by molar-refractivity contribution is -0.196. The summed E-state index contributed by atoms with van der Waals surface area (Å²) in [5.41, 5.74) is 2.48. The minimum atomic E-state index is -3.06. The van der Waals surface area contributed by atoms with Crippen LogP contribution in [-0.4, -0.2) is 87.0 Å². The van der Waals surface area contributed by atoms with Gasteiger partial charge in [-0.3, -0.25) is 33.7 Å². The van der Waals surface area contributed by atoms with Gasteiger partial charge in [-0.1, -0.05) is 19.8 Å². The van der Waals surface area contributed by atoms with Crippen molar-refractivity contribution >= 4 is 40.6 Å². The molecule has 3 fully saturated rings. The summed E-state index contributed by atoms with van der Waals surface area (Å²) in [7, 11) is 2.86. The Labute approximate surface area is 229 Å². The maximum absolute atomic E-state index is 14.0. The number of carbonyl (C=O) groups excluding carboxylic acids is 6. The summed E-state index contributed by atoms with van der Waals surface area (Å²) < 4.78 is 0. The average Bonchev–Trinajstić information content (AvgIpc) is 3.42. The largest absolute Gasteiger partial charge is 0.507 e. The number of rotatable bonds is 4. The number of aliphatic hydroxyl groups is 2. The lowest BCUT2D eigenvalue weighted by Gasteiger charge is -2.56. The number of phenolic OH excluding ortho intramolecular Hbond substituents is 1. The number of phenols is 1. The quantitative estimate of drug-likeness (QED) is 0.238. The van der Waals surface area contributed by atoms with E-state index in [0.717, 1.165) is 25.7 Å². The summed E-state index contributed by atoms with van der Waals surface area (Å²) >= 11 is 0. The molecule has 4 aliphatic carbocycles. The molecule has 0 bridgehead atoms. The van der Waals surface area contributed by atoms with Gasteiger partial charge in [0.15, 0.2) is 34.7 Å². The molecule has 0 aromatic heterocycles. The highest BCUT2D eigenvalue weighted by Gasteiger charge is 2.73. The van der Waals surface area contributed by atoms with E-state index < -0.39 is 82.1 Å². The van der Waals surface area contributed by atoms with Gasteiger partial charge in [-0.15, -0.1) is 0 Å². The van der Waals surface area contributed by atoms with Crippen molar-refractivity contribution in [1.29, 1.82) is 0 Å². The number of hydrogen-bond donors (Lipinski definition) is 5. The molecule has 0 aliphatic heterocycles. The van der Waals surface area contributed by atoms with Crippen LogP contribution in [0.1, 0.15) is 54.4 Å². The Balaban J connectivity index is 1.65. The Bertz CT molecular complexity index is 1350. The van der Waals surface area contributed by atoms with Crippen molar-refractivity contribution in [3.63, 3.8) is 0 Å². The Morgan fingerprint density at radius 2 is 1.70 bits per heavy atom. The van der Waals surface area contributed by atoms with Crippen LogP contribution in [0.4, 0.5) is 5.69 Å². The fraction of sp³-hybridized carbons (Fsp3) is 0.571. The molecular weight excluding hydrogens is 522 g/mol. The van der Waals surface area contributed by atoms with Gasteiger partial charge in [0.2, 0.25) is 11.8 Å². The molecule has 6 N–H and O–H groups in total. The molecule has 1 aromatic rings. The van der Waals surface area contributed by atoms with Gasteiger partial charge in [-0.05, 0) is 50.6 Å². The summed E-state index contributed by atoms with van der Waals surface area (Å²) in [6.45, 7) is 1.61. The van der Waals surface area contributed by atoms with Gasteiger partial charge in [0.05, 0.1) is 29.5 Å². The fourth-order valence-electron chi connectivity index (χ4n) is 7.60. The number of ketones is 4. The summed E-state index contributed by atoms with van der Waals surface area (Å²) in [4.78, 5) is 80.9. The first kappa shape index (κ1) is 28.1. The Morgan fingerprint density at radius 1 is 1.07 bits per heavy atom. The third kappa shape index (κ3) is 3.69. The molecule has 0 heterocycles. The first-order valence-corrected chi connectivity index (χ1v) is 13.4. The highest BCUT2D eigenvalue weighted by Crippen LogP contribution is 2.55. The minimum absolute atomic E-state index is 0.207. The molecule has 4 aliphatic rings. The third-order valence-electron chi connectivity index (χ3n) is 9.45. The number of nitrogens with two attached hydrogens (primary N) is 1. The van der Waals surface area contributed by atoms with Crippen molar-refractivity contribution in [3.8, 4) is 5.75 Å². The summed E-state index contributed by atoms with van der Waals surface area (Å²) in [6, 6.07) is 1.21. The zero-order chi connectivity index (χ0) is 29.4. The van der Waals surface area contributed by atoms with E-state index in [1.54, 1.807) is 6.92 Å². The first-order valence-electron chi connectivity index (χ1n) is 13.4. The predicted octanol–water partition coefficient (Wildman–Crippen LogP) is -0.472. The third-order valence-corrected chi connectivity index (χ3v) is 9.45. The Hall–Kier alpha value is -3.48. The van der Waals surface area contributed by atoms with Gasteiger partial charge in [-0.2, -0.15) is 0 Å². The number of Topliss-reactive ketones (excluding diaryl/α,β-unsaturated/α-hetero) is 4. The van der Waals surface area contributed by atoms with E-state index in [1.807, 2.05) is 0 Å². The lowest BCUT2D eigenvalue weighted by atomic mass is 9.49. The molecule has 1 aromatic carbocycles. The molecule has 12 heteroatoms. The maximum atomic E-state index is 14.0. The predicted molar refractivity (Wildman–Crippen MR) is 138 cm³/mol. The van der Waals surface area contributed by atoms with Gasteiger partial charge >= 0.3 is 0 Å². The van der Waals surface area contributed by atoms with Crippen LogP contribution < -0.4 is 11.1 Å². The number of nitrogens with one attached hydrogen (secondary N) is 1. The van der Waals surface area contributed by atoms with Gasteiger partial charge in [0.1, 0.15) is 5.75 Å². The molecule has 8 atom stereocenters. The number of amides is 2. The van der Waals surface area contributed by atoms with Crippen molar-refractivity contribution in [2.75, 3.05) is 19.4 Å². The number of primary amides is 1. The van der Waals surface area contributed by atoms with Crippen molar-refractivity contribution in [2.45, 2.75) is 56.3 Å². The van der Waals surface area contributed by atoms with E-state index in [0.29, 0.717) is 0 Å². The van der Waals surface area contributed by atoms with E-state index in [9.17, 15) is 44.1 Å². The van der Waals surface area contributed by atoms with Crippen molar-refractivity contribution < 1.29 is 44.1 Å². The van der Waals surface area contributed by atoms with Gasteiger partial charge in [-0.25, -0.2) is 0 Å². The SMILES string of the molecule is CC1c2c(NC(=O)C3CCCC3)ccc(O)c2C(=O)C2C(=O)[C@]3(O)C(=O)C(C(N)=O)C(=O)[C@@H](N(C)C)[C@@H]3C(O)[C@@H]21. The molecule has 0 radical (unpaired) electrons. The second-order valence-electron chi connectivity index (χ2n) is 11.8. The maximum Gasteiger partial charge on any atom is 0.235 e. The van der Waals surface area contributed by atoms with Gasteiger partial charge in [0.25, 0.3) is 0 Å². The van der Waals surface area contributed by atoms with E-state index in [4.69, 9.17) is 5.73 Å². The molecule has 4 unspecified atom stereocenters. The number of anilines is 1. The van der Waals surface area contributed by atoms with E-state index in [2.05, 4.69) is 5.32 Å². The Morgan fingerprint density at radius 3 is 2.27 bits per heavy atom. The van der Waals surface area contributed by atoms with Crippen LogP contribution in [0.2, 0.25) is 0 Å². The summed E-state index contributed by atoms with van der Waals surface area (Å²) in [5.74, 6) is -14.5. The van der Waals surface area contributed by atoms with E-state index >= 15 is 0 Å². The molecule has 3 saturated carbocycles. The van der Waals surface area contributed by atoms with E-state index in [-0.39, 0.29) is 28.6 Å². The first-order chi connectivity index (χ1) is 18.7. The summed E-state index contributed by atoms with van der Waals surface area (Å²) in [6.07, 6.45) is 1.54. The zero-order valence-corrected chi connectivity index (χ0v) is 22.4. The second-order valence-corrected chi connectivity index (χ2v) is 11.8. The highest BCUT2D eigenvalue weighted by atomic mass is 16.3. The molecule has 214 valence electrons. The topological polar surface area (TPSA) is 204 Å². The molecule has 5 rings (SSSR count). The molecule has 0 spiro atoms. The normalized spacial score (nSPS) is 35.8. The molecule has 0 saturated heterocycles. The van der Waals surface area contributed by atoms with Crippen LogP contribution >= 0.6 is 0 Å². The number of nitrogens with zero attached hydrogens (tertiary/aromatic N) is 1. The molecule has 40 heavy (non-hydrogen) atoms. The lowest BCUT2D eigenvalue weighted by Crippen LogP contribution is -2.77. The van der Waals surface area contributed by atoms with Crippen molar-refractivity contribution in [3.05, 3.63) is 23.3 Å². The number of likely N-dealkylation sites (N-methyl/N-ethyl adjacent to an activating group) is 1.